The van der Waals surface area contributed by atoms with Crippen LogP contribution in [0, 0.1) is 18.8 Å². The molecule has 2 aliphatic rings. The van der Waals surface area contributed by atoms with Crippen LogP contribution in [0.2, 0.25) is 0 Å². The summed E-state index contributed by atoms with van der Waals surface area (Å²) < 4.78 is 5.18. The first-order chi connectivity index (χ1) is 8.29. The Labute approximate surface area is 101 Å². The van der Waals surface area contributed by atoms with Gasteiger partial charge < -0.3 is 9.63 Å². The molecule has 1 N–H and O–H groups in total. The van der Waals surface area contributed by atoms with Crippen molar-refractivity contribution in [2.24, 2.45) is 11.8 Å². The van der Waals surface area contributed by atoms with Gasteiger partial charge in [0, 0.05) is 5.56 Å². The van der Waals surface area contributed by atoms with Gasteiger partial charge in [-0.25, -0.2) is 0 Å². The number of aliphatic hydroxyl groups excluding tert-OH is 1. The van der Waals surface area contributed by atoms with Gasteiger partial charge in [0.25, 0.3) is 0 Å². The van der Waals surface area contributed by atoms with Crippen LogP contribution in [0.5, 0.6) is 0 Å². The molecule has 90 valence electrons. The summed E-state index contributed by atoms with van der Waals surface area (Å²) in [6.45, 7) is 1.86. The normalized spacial score (nSPS) is 23.9. The van der Waals surface area contributed by atoms with Crippen LogP contribution in [0.3, 0.4) is 0 Å². The van der Waals surface area contributed by atoms with Crippen molar-refractivity contribution in [1.82, 2.24) is 5.16 Å². The minimum absolute atomic E-state index is 0.0537. The first kappa shape index (κ1) is 10.8. The summed E-state index contributed by atoms with van der Waals surface area (Å²) >= 11 is 0. The molecule has 1 atom stereocenters. The van der Waals surface area contributed by atoms with Gasteiger partial charge in [0.05, 0.1) is 6.61 Å². The molecule has 3 rings (SSSR count). The topological polar surface area (TPSA) is 46.3 Å². The van der Waals surface area contributed by atoms with E-state index in [1.807, 2.05) is 6.92 Å². The number of allylic oxidation sites excluding steroid dienone is 4. The molecule has 3 heteroatoms. The summed E-state index contributed by atoms with van der Waals surface area (Å²) in [6.07, 6.45) is 10.3. The standard InChI is InChI=1S/C14H17NO2/c1-9-14(13(8-16)15-17-9)12-4-2-3-11(7-12)10-5-6-10/h2-4,10-11,16H,5-8H2,1H3. The van der Waals surface area contributed by atoms with Crippen molar-refractivity contribution in [2.45, 2.75) is 32.8 Å². The fraction of sp³-hybridized carbons (Fsp3) is 0.500. The third-order valence-electron chi connectivity index (χ3n) is 3.74. The van der Waals surface area contributed by atoms with Gasteiger partial charge in [-0.3, -0.25) is 0 Å². The summed E-state index contributed by atoms with van der Waals surface area (Å²) in [5, 5.41) is 13.2. The Morgan fingerprint density at radius 3 is 3.00 bits per heavy atom. The zero-order valence-electron chi connectivity index (χ0n) is 10.0. The van der Waals surface area contributed by atoms with Gasteiger partial charge in [0.15, 0.2) is 0 Å². The molecule has 2 aliphatic carbocycles. The van der Waals surface area contributed by atoms with E-state index < -0.39 is 0 Å². The fourth-order valence-electron chi connectivity index (χ4n) is 2.68. The maximum atomic E-state index is 9.28. The average Bonchev–Trinajstić information content (AvgIpc) is 3.13. The van der Waals surface area contributed by atoms with Gasteiger partial charge in [0.2, 0.25) is 0 Å². The van der Waals surface area contributed by atoms with Crippen molar-refractivity contribution in [1.29, 1.82) is 0 Å². The van der Waals surface area contributed by atoms with Crippen LogP contribution in [0.1, 0.15) is 36.3 Å². The molecule has 1 aromatic heterocycles. The smallest absolute Gasteiger partial charge is 0.141 e. The Morgan fingerprint density at radius 2 is 2.29 bits per heavy atom. The van der Waals surface area contributed by atoms with Crippen molar-refractivity contribution in [2.75, 3.05) is 0 Å². The molecule has 3 nitrogen and oxygen atoms in total. The molecular formula is C14H17NO2. The molecule has 0 saturated heterocycles. The van der Waals surface area contributed by atoms with Gasteiger partial charge in [-0.15, -0.1) is 0 Å². The van der Waals surface area contributed by atoms with Crippen molar-refractivity contribution >= 4 is 5.57 Å². The predicted octanol–water partition coefficient (Wildman–Crippen LogP) is 2.84. The highest BCUT2D eigenvalue weighted by molar-refractivity contribution is 5.71. The molecule has 1 unspecified atom stereocenters. The average molecular weight is 231 g/mol. The quantitative estimate of drug-likeness (QED) is 0.870. The van der Waals surface area contributed by atoms with Crippen LogP contribution in [0.4, 0.5) is 0 Å². The molecule has 0 radical (unpaired) electrons. The van der Waals surface area contributed by atoms with Gasteiger partial charge in [-0.2, -0.15) is 0 Å². The molecule has 1 saturated carbocycles. The largest absolute Gasteiger partial charge is 0.390 e. The highest BCUT2D eigenvalue weighted by Gasteiger charge is 2.32. The van der Waals surface area contributed by atoms with Crippen LogP contribution in [-0.4, -0.2) is 10.3 Å². The number of hydrogen-bond donors (Lipinski definition) is 1. The second-order valence-electron chi connectivity index (χ2n) is 5.00. The highest BCUT2D eigenvalue weighted by atomic mass is 16.5. The van der Waals surface area contributed by atoms with E-state index in [4.69, 9.17) is 4.52 Å². The molecule has 1 fully saturated rings. The lowest BCUT2D eigenvalue weighted by molar-refractivity contribution is 0.265. The van der Waals surface area contributed by atoms with E-state index in [-0.39, 0.29) is 6.61 Å². The Kier molecular flexibility index (Phi) is 2.63. The lowest BCUT2D eigenvalue weighted by Gasteiger charge is -2.18. The van der Waals surface area contributed by atoms with Crippen molar-refractivity contribution in [3.05, 3.63) is 35.2 Å². The summed E-state index contributed by atoms with van der Waals surface area (Å²) in [7, 11) is 0. The molecule has 0 aromatic carbocycles. The highest BCUT2D eigenvalue weighted by Crippen LogP contribution is 2.44. The van der Waals surface area contributed by atoms with E-state index in [9.17, 15) is 5.11 Å². The molecule has 1 heterocycles. The monoisotopic (exact) mass is 231 g/mol. The van der Waals surface area contributed by atoms with E-state index in [1.54, 1.807) is 0 Å². The van der Waals surface area contributed by atoms with Gasteiger partial charge in [-0.05, 0) is 43.6 Å². The molecule has 0 spiro atoms. The predicted molar refractivity (Wildman–Crippen MR) is 65.1 cm³/mol. The number of nitrogens with zero attached hydrogens (tertiary/aromatic N) is 1. The van der Waals surface area contributed by atoms with E-state index in [0.29, 0.717) is 11.6 Å². The zero-order valence-corrected chi connectivity index (χ0v) is 10.0. The lowest BCUT2D eigenvalue weighted by Crippen LogP contribution is -2.05. The van der Waals surface area contributed by atoms with Crippen molar-refractivity contribution < 1.29 is 9.63 Å². The number of aliphatic hydroxyl groups is 1. The Bertz CT molecular complexity index is 480. The van der Waals surface area contributed by atoms with E-state index in [1.165, 1.54) is 18.4 Å². The maximum Gasteiger partial charge on any atom is 0.141 e. The maximum absolute atomic E-state index is 9.28. The van der Waals surface area contributed by atoms with Crippen LogP contribution in [-0.2, 0) is 6.61 Å². The molecule has 1 aromatic rings. The zero-order chi connectivity index (χ0) is 11.8. The van der Waals surface area contributed by atoms with Gasteiger partial charge in [-0.1, -0.05) is 23.4 Å². The second-order valence-corrected chi connectivity index (χ2v) is 5.00. The molecular weight excluding hydrogens is 214 g/mol. The Hall–Kier alpha value is -1.35. The van der Waals surface area contributed by atoms with Crippen LogP contribution in [0.25, 0.3) is 5.57 Å². The number of aromatic nitrogens is 1. The van der Waals surface area contributed by atoms with Crippen LogP contribution < -0.4 is 0 Å². The summed E-state index contributed by atoms with van der Waals surface area (Å²) in [4.78, 5) is 0. The number of rotatable bonds is 3. The fourth-order valence-corrected chi connectivity index (χ4v) is 2.68. The van der Waals surface area contributed by atoms with E-state index >= 15 is 0 Å². The second kappa shape index (κ2) is 4.15. The summed E-state index contributed by atoms with van der Waals surface area (Å²) in [5.41, 5.74) is 2.94. The minimum atomic E-state index is -0.0537. The first-order valence-electron chi connectivity index (χ1n) is 6.23. The van der Waals surface area contributed by atoms with Crippen LogP contribution >= 0.6 is 0 Å². The van der Waals surface area contributed by atoms with Gasteiger partial charge >= 0.3 is 0 Å². The van der Waals surface area contributed by atoms with E-state index in [0.717, 1.165) is 23.7 Å². The summed E-state index contributed by atoms with van der Waals surface area (Å²) in [6, 6.07) is 0. The first-order valence-corrected chi connectivity index (χ1v) is 6.23. The number of hydrogen-bond acceptors (Lipinski definition) is 3. The van der Waals surface area contributed by atoms with Crippen LogP contribution in [0.15, 0.2) is 22.8 Å². The van der Waals surface area contributed by atoms with Gasteiger partial charge in [0.1, 0.15) is 11.5 Å². The Morgan fingerprint density at radius 1 is 1.47 bits per heavy atom. The lowest BCUT2D eigenvalue weighted by atomic mass is 9.86. The summed E-state index contributed by atoms with van der Waals surface area (Å²) in [5.74, 6) is 2.34. The SMILES string of the molecule is Cc1onc(CO)c1C1=CC=CC(C2CC2)C1. The number of aryl methyl sites for hydroxylation is 1. The Balaban J connectivity index is 1.90. The molecule has 0 amide bonds. The third kappa shape index (κ3) is 1.95. The third-order valence-corrected chi connectivity index (χ3v) is 3.74. The van der Waals surface area contributed by atoms with Crippen molar-refractivity contribution in [3.63, 3.8) is 0 Å². The molecule has 17 heavy (non-hydrogen) atoms. The minimum Gasteiger partial charge on any atom is -0.390 e. The molecule has 0 aliphatic heterocycles. The molecule has 0 bridgehead atoms. The van der Waals surface area contributed by atoms with E-state index in [2.05, 4.69) is 23.4 Å². The van der Waals surface area contributed by atoms with Crippen molar-refractivity contribution in [3.8, 4) is 0 Å².